The Morgan fingerprint density at radius 1 is 1.50 bits per heavy atom. The average Bonchev–Trinajstić information content (AvgIpc) is 2.03. The Kier molecular flexibility index (Phi) is 6.51. The van der Waals surface area contributed by atoms with Crippen LogP contribution in [0.4, 0.5) is 4.79 Å². The van der Waals surface area contributed by atoms with Gasteiger partial charge in [0.05, 0.1) is 13.2 Å². The van der Waals surface area contributed by atoms with Crippen molar-refractivity contribution in [1.29, 1.82) is 0 Å². The summed E-state index contributed by atoms with van der Waals surface area (Å²) in [5.41, 5.74) is 5.09. The van der Waals surface area contributed by atoms with Gasteiger partial charge in [-0.2, -0.15) is 0 Å². The van der Waals surface area contributed by atoms with Crippen LogP contribution >= 0.6 is 0 Å². The number of carbonyl (C=O) groups excluding carboxylic acids is 1. The molecule has 0 saturated carbocycles. The highest BCUT2D eigenvalue weighted by Gasteiger charge is 2.30. The molecule has 2 amide bonds. The second-order valence-electron chi connectivity index (χ2n) is 3.31. The van der Waals surface area contributed by atoms with Gasteiger partial charge in [0.2, 0.25) is 0 Å². The molecule has 0 aromatic heterocycles. The van der Waals surface area contributed by atoms with Crippen molar-refractivity contribution in [2.75, 3.05) is 20.3 Å². The number of methoxy groups -OCH3 is 1. The first kappa shape index (κ1) is 13.4. The summed E-state index contributed by atoms with van der Waals surface area (Å²) in [4.78, 5) is 13.5. The molecule has 0 spiro atoms. The van der Waals surface area contributed by atoms with Crippen LogP contribution in [0.15, 0.2) is 0 Å². The zero-order valence-electron chi connectivity index (χ0n) is 9.13. The van der Waals surface area contributed by atoms with Gasteiger partial charge in [0.1, 0.15) is 0 Å². The summed E-state index contributed by atoms with van der Waals surface area (Å²) >= 11 is 0. The van der Waals surface area contributed by atoms with Crippen molar-refractivity contribution >= 4 is 14.5 Å². The molecule has 1 atom stereocenters. The van der Waals surface area contributed by atoms with Crippen LogP contribution in [0.25, 0.3) is 0 Å². The molecule has 0 aromatic rings. The summed E-state index contributed by atoms with van der Waals surface area (Å²) in [5, 5.41) is 0. The van der Waals surface area contributed by atoms with E-state index in [1.807, 2.05) is 13.5 Å². The lowest BCUT2D eigenvalue weighted by atomic mass is 10.6. The third kappa shape index (κ3) is 5.95. The fourth-order valence-electron chi connectivity index (χ4n) is 1.26. The highest BCUT2D eigenvalue weighted by Crippen LogP contribution is 2.10. The number of ether oxygens (including phenoxy) is 1. The first-order valence-electron chi connectivity index (χ1n) is 4.74. The topological polar surface area (TPSA) is 73.6 Å². The Bertz CT molecular complexity index is 180. The maximum atomic E-state index is 10.8. The summed E-state index contributed by atoms with van der Waals surface area (Å²) < 4.78 is 10.5. The van der Waals surface area contributed by atoms with Crippen LogP contribution in [0.2, 0.25) is 12.6 Å². The lowest BCUT2D eigenvalue weighted by Gasteiger charge is -2.26. The van der Waals surface area contributed by atoms with Gasteiger partial charge in [0.25, 0.3) is 8.48 Å². The van der Waals surface area contributed by atoms with E-state index in [9.17, 15) is 4.79 Å². The molecule has 0 bridgehead atoms. The van der Waals surface area contributed by atoms with Crippen LogP contribution < -0.4 is 10.7 Å². The number of hydrogen-bond donors (Lipinski definition) is 2. The van der Waals surface area contributed by atoms with Crippen LogP contribution in [0.5, 0.6) is 0 Å². The third-order valence-corrected chi connectivity index (χ3v) is 4.89. The fraction of sp³-hybridized carbons (Fsp3) is 0.875. The van der Waals surface area contributed by atoms with Gasteiger partial charge in [-0.3, -0.25) is 0 Å². The van der Waals surface area contributed by atoms with E-state index in [4.69, 9.17) is 14.9 Å². The van der Waals surface area contributed by atoms with E-state index < -0.39 is 14.5 Å². The molecule has 0 radical (unpaired) electrons. The average molecular weight is 220 g/mol. The Balaban J connectivity index is 4.02. The number of amides is 2. The minimum atomic E-state index is -2.15. The van der Waals surface area contributed by atoms with Crippen molar-refractivity contribution < 1.29 is 14.0 Å². The molecule has 6 heteroatoms. The number of urea groups is 1. The van der Waals surface area contributed by atoms with E-state index in [0.717, 1.165) is 12.5 Å². The van der Waals surface area contributed by atoms with E-state index in [1.165, 1.54) is 0 Å². The summed E-state index contributed by atoms with van der Waals surface area (Å²) in [7, 11) is -0.540. The Morgan fingerprint density at radius 3 is 2.57 bits per heavy atom. The fourth-order valence-corrected chi connectivity index (χ4v) is 3.61. The summed E-state index contributed by atoms with van der Waals surface area (Å²) in [6.07, 6.45) is 0.968. The van der Waals surface area contributed by atoms with Gasteiger partial charge in [-0.1, -0.05) is 13.3 Å². The van der Waals surface area contributed by atoms with Crippen molar-refractivity contribution in [2.45, 2.75) is 25.9 Å². The van der Waals surface area contributed by atoms with Crippen molar-refractivity contribution in [3.05, 3.63) is 0 Å². The van der Waals surface area contributed by atoms with Gasteiger partial charge in [0, 0.05) is 7.11 Å². The normalized spacial score (nSPS) is 14.8. The van der Waals surface area contributed by atoms with E-state index in [0.29, 0.717) is 13.2 Å². The molecule has 0 fully saturated rings. The molecule has 0 aliphatic carbocycles. The summed E-state index contributed by atoms with van der Waals surface area (Å²) in [6.45, 7) is 5.02. The smallest absolute Gasteiger partial charge is 0.305 e. The van der Waals surface area contributed by atoms with E-state index in [1.54, 1.807) is 7.11 Å². The minimum Gasteiger partial charge on any atom is -0.396 e. The Labute approximate surface area is 86.2 Å². The number of carbonyl (C=O) groups is 1. The number of hydrogen-bond acceptors (Lipinski definition) is 3. The summed E-state index contributed by atoms with van der Waals surface area (Å²) in [5.74, 6) is 0. The predicted octanol–water partition coefficient (Wildman–Crippen LogP) is 0.800. The third-order valence-electron chi connectivity index (χ3n) is 1.82. The molecule has 0 heterocycles. The van der Waals surface area contributed by atoms with E-state index in [-0.39, 0.29) is 0 Å². The van der Waals surface area contributed by atoms with Gasteiger partial charge < -0.3 is 19.9 Å². The second-order valence-corrected chi connectivity index (χ2v) is 6.81. The quantitative estimate of drug-likeness (QED) is 0.492. The van der Waals surface area contributed by atoms with Crippen molar-refractivity contribution in [3.8, 4) is 0 Å². The minimum absolute atomic E-state index is 0.500. The Hall–Kier alpha value is -0.593. The molecule has 84 valence electrons. The second kappa shape index (κ2) is 6.80. The molecule has 3 N–H and O–H groups in total. The molecule has 1 unspecified atom stereocenters. The molecule has 5 nitrogen and oxygen atoms in total. The Morgan fingerprint density at radius 2 is 2.14 bits per heavy atom. The van der Waals surface area contributed by atoms with Gasteiger partial charge >= 0.3 is 6.03 Å². The largest absolute Gasteiger partial charge is 0.396 e. The van der Waals surface area contributed by atoms with E-state index in [2.05, 4.69) is 4.98 Å². The maximum absolute atomic E-state index is 10.8. The molecular weight excluding hydrogens is 200 g/mol. The van der Waals surface area contributed by atoms with Gasteiger partial charge in [0.15, 0.2) is 0 Å². The summed E-state index contributed by atoms with van der Waals surface area (Å²) in [6, 6.07) is 0.352. The van der Waals surface area contributed by atoms with Crippen LogP contribution in [-0.2, 0) is 9.16 Å². The van der Waals surface area contributed by atoms with Crippen molar-refractivity contribution in [3.63, 3.8) is 0 Å². The number of primary amides is 1. The molecule has 0 rings (SSSR count). The molecule has 14 heavy (non-hydrogen) atoms. The van der Waals surface area contributed by atoms with Crippen LogP contribution in [0.1, 0.15) is 13.3 Å². The first-order chi connectivity index (χ1) is 6.54. The molecule has 0 aromatic carbocycles. The highest BCUT2D eigenvalue weighted by atomic mass is 28.4. The SMILES string of the molecule is CCC[Si](C)(NC(N)=O)OCCOC. The maximum Gasteiger partial charge on any atom is 0.305 e. The number of nitrogens with two attached hydrogens (primary N) is 1. The zero-order valence-corrected chi connectivity index (χ0v) is 10.1. The van der Waals surface area contributed by atoms with Crippen LogP contribution in [-0.4, -0.2) is 34.8 Å². The highest BCUT2D eigenvalue weighted by molar-refractivity contribution is 6.72. The predicted molar refractivity (Wildman–Crippen MR) is 57.3 cm³/mol. The first-order valence-corrected chi connectivity index (χ1v) is 7.36. The van der Waals surface area contributed by atoms with Gasteiger partial charge in [-0.05, 0) is 12.6 Å². The lowest BCUT2D eigenvalue weighted by Crippen LogP contribution is -2.55. The molecular formula is C8H20N2O3Si. The lowest BCUT2D eigenvalue weighted by molar-refractivity contribution is 0.140. The van der Waals surface area contributed by atoms with Gasteiger partial charge in [-0.25, -0.2) is 4.79 Å². The number of rotatable bonds is 7. The van der Waals surface area contributed by atoms with Crippen molar-refractivity contribution in [2.24, 2.45) is 5.73 Å². The van der Waals surface area contributed by atoms with Crippen molar-refractivity contribution in [1.82, 2.24) is 4.98 Å². The molecule has 0 saturated heterocycles. The molecule has 0 aliphatic rings. The van der Waals surface area contributed by atoms with Crippen LogP contribution in [0, 0.1) is 0 Å². The van der Waals surface area contributed by atoms with Gasteiger partial charge in [-0.15, -0.1) is 0 Å². The standard InChI is InChI=1S/C8H20N2O3Si/c1-4-7-14(3,10-8(9)11)13-6-5-12-2/h4-7H2,1-3H3,(H3,9,10,11). The monoisotopic (exact) mass is 220 g/mol. The van der Waals surface area contributed by atoms with E-state index >= 15 is 0 Å². The molecule has 0 aliphatic heterocycles. The number of nitrogens with one attached hydrogen (secondary N) is 1. The zero-order chi connectivity index (χ0) is 11.0. The van der Waals surface area contributed by atoms with Crippen LogP contribution in [0.3, 0.4) is 0 Å².